The normalized spacial score (nSPS) is 12.4. The van der Waals surface area contributed by atoms with Crippen molar-refractivity contribution in [2.75, 3.05) is 6.61 Å². The van der Waals surface area contributed by atoms with Gasteiger partial charge < -0.3 is 14.5 Å². The van der Waals surface area contributed by atoms with E-state index in [2.05, 4.69) is 10.3 Å². The predicted molar refractivity (Wildman–Crippen MR) is 91.4 cm³/mol. The van der Waals surface area contributed by atoms with Crippen LogP contribution in [0.5, 0.6) is 0 Å². The summed E-state index contributed by atoms with van der Waals surface area (Å²) < 4.78 is 11.5. The van der Waals surface area contributed by atoms with Gasteiger partial charge in [-0.3, -0.25) is 14.2 Å². The maximum absolute atomic E-state index is 12.7. The summed E-state index contributed by atoms with van der Waals surface area (Å²) in [6, 6.07) is -0.0221. The molecule has 2 rings (SSSR count). The van der Waals surface area contributed by atoms with E-state index in [-0.39, 0.29) is 53.4 Å². The summed E-state index contributed by atoms with van der Waals surface area (Å²) in [6.07, 6.45) is 1.24. The summed E-state index contributed by atoms with van der Waals surface area (Å²) >= 11 is 0. The molecule has 136 valence electrons. The number of furan rings is 1. The van der Waals surface area contributed by atoms with Crippen LogP contribution in [0.15, 0.2) is 15.5 Å². The Bertz CT molecular complexity index is 850. The molecule has 0 saturated heterocycles. The molecule has 0 saturated carbocycles. The molecule has 0 spiro atoms. The summed E-state index contributed by atoms with van der Waals surface area (Å²) in [7, 11) is 0. The van der Waals surface area contributed by atoms with Gasteiger partial charge in [-0.05, 0) is 26.7 Å². The van der Waals surface area contributed by atoms with E-state index in [1.807, 2.05) is 20.8 Å². The molecule has 0 aromatic carbocycles. The van der Waals surface area contributed by atoms with E-state index in [0.29, 0.717) is 0 Å². The van der Waals surface area contributed by atoms with Crippen LogP contribution in [0.4, 0.5) is 0 Å². The van der Waals surface area contributed by atoms with Gasteiger partial charge in [-0.2, -0.15) is 0 Å². The lowest BCUT2D eigenvalue weighted by Crippen LogP contribution is -2.39. The Kier molecular flexibility index (Phi) is 5.61. The van der Waals surface area contributed by atoms with Crippen molar-refractivity contribution in [2.45, 2.75) is 47.2 Å². The fourth-order valence-electron chi connectivity index (χ4n) is 2.32. The van der Waals surface area contributed by atoms with Crippen molar-refractivity contribution in [1.29, 1.82) is 0 Å². The fourth-order valence-corrected chi connectivity index (χ4v) is 2.32. The third kappa shape index (κ3) is 3.89. The first-order chi connectivity index (χ1) is 11.8. The van der Waals surface area contributed by atoms with Crippen molar-refractivity contribution < 1.29 is 18.7 Å². The van der Waals surface area contributed by atoms with E-state index in [9.17, 15) is 14.4 Å². The van der Waals surface area contributed by atoms with Crippen molar-refractivity contribution in [3.8, 4) is 0 Å². The summed E-state index contributed by atoms with van der Waals surface area (Å²) in [4.78, 5) is 41.0. The van der Waals surface area contributed by atoms with Gasteiger partial charge in [0.25, 0.3) is 5.56 Å². The maximum atomic E-state index is 12.7. The molecule has 8 nitrogen and oxygen atoms in total. The van der Waals surface area contributed by atoms with E-state index >= 15 is 0 Å². The Hall–Kier alpha value is -2.64. The number of nitrogens with zero attached hydrogens (tertiary/aromatic N) is 2. The molecular weight excluding hydrogens is 326 g/mol. The molecular formula is C17H23N3O5. The molecule has 1 unspecified atom stereocenters. The standard InChI is InChI=1S/C17H23N3O5/c1-6-24-17(23)13-11(5)25-15-14(13)16(22)20(8-18-15)7-12(21)19-10(4)9(2)3/h8-10H,6-7H2,1-5H3,(H,19,21). The topological polar surface area (TPSA) is 103 Å². The minimum Gasteiger partial charge on any atom is -0.462 e. The number of carbonyl (C=O) groups excluding carboxylic acids is 2. The first-order valence-corrected chi connectivity index (χ1v) is 8.21. The van der Waals surface area contributed by atoms with Gasteiger partial charge >= 0.3 is 5.97 Å². The van der Waals surface area contributed by atoms with E-state index in [0.717, 1.165) is 4.57 Å². The van der Waals surface area contributed by atoms with Crippen LogP contribution in [0.2, 0.25) is 0 Å². The van der Waals surface area contributed by atoms with Gasteiger partial charge in [0, 0.05) is 6.04 Å². The third-order valence-corrected chi connectivity index (χ3v) is 4.04. The van der Waals surface area contributed by atoms with Gasteiger partial charge in [0.05, 0.1) is 6.61 Å². The van der Waals surface area contributed by atoms with Crippen LogP contribution in [0, 0.1) is 12.8 Å². The first-order valence-electron chi connectivity index (χ1n) is 8.21. The van der Waals surface area contributed by atoms with Gasteiger partial charge in [0.2, 0.25) is 11.6 Å². The zero-order chi connectivity index (χ0) is 18.7. The van der Waals surface area contributed by atoms with Gasteiger partial charge in [0.15, 0.2) is 0 Å². The third-order valence-electron chi connectivity index (χ3n) is 4.04. The second-order valence-corrected chi connectivity index (χ2v) is 6.21. The van der Waals surface area contributed by atoms with Gasteiger partial charge in [-0.25, -0.2) is 9.78 Å². The minimum absolute atomic E-state index is 0.0221. The second kappa shape index (κ2) is 7.50. The Morgan fingerprint density at radius 3 is 2.64 bits per heavy atom. The highest BCUT2D eigenvalue weighted by Gasteiger charge is 2.24. The molecule has 25 heavy (non-hydrogen) atoms. The minimum atomic E-state index is -0.645. The number of hydrogen-bond acceptors (Lipinski definition) is 6. The summed E-state index contributed by atoms with van der Waals surface area (Å²) in [5.74, 6) is -0.419. The van der Waals surface area contributed by atoms with Crippen LogP contribution in [-0.4, -0.2) is 34.1 Å². The van der Waals surface area contributed by atoms with Crippen LogP contribution in [-0.2, 0) is 16.1 Å². The molecule has 1 atom stereocenters. The summed E-state index contributed by atoms with van der Waals surface area (Å²) in [6.45, 7) is 9.10. The molecule has 0 radical (unpaired) electrons. The number of aryl methyl sites for hydroxylation is 1. The molecule has 2 aromatic heterocycles. The molecule has 8 heteroatoms. The van der Waals surface area contributed by atoms with Crippen molar-refractivity contribution in [3.05, 3.63) is 28.0 Å². The number of nitrogens with one attached hydrogen (secondary N) is 1. The Balaban J connectivity index is 2.39. The smallest absolute Gasteiger partial charge is 0.342 e. The lowest BCUT2D eigenvalue weighted by atomic mass is 10.1. The number of rotatable bonds is 6. The Morgan fingerprint density at radius 1 is 1.36 bits per heavy atom. The first kappa shape index (κ1) is 18.7. The molecule has 1 amide bonds. The molecule has 0 aliphatic carbocycles. The molecule has 0 bridgehead atoms. The average molecular weight is 349 g/mol. The highest BCUT2D eigenvalue weighted by Crippen LogP contribution is 2.21. The SMILES string of the molecule is CCOC(=O)c1c(C)oc2ncn(CC(=O)NC(C)C(C)C)c(=O)c12. The number of esters is 1. The van der Waals surface area contributed by atoms with Crippen LogP contribution in [0.1, 0.15) is 43.8 Å². The number of amides is 1. The highest BCUT2D eigenvalue weighted by atomic mass is 16.5. The van der Waals surface area contributed by atoms with E-state index in [1.54, 1.807) is 13.8 Å². The quantitative estimate of drug-likeness (QED) is 0.795. The Labute approximate surface area is 145 Å². The van der Waals surface area contributed by atoms with Crippen molar-refractivity contribution in [3.63, 3.8) is 0 Å². The molecule has 0 aliphatic rings. The lowest BCUT2D eigenvalue weighted by Gasteiger charge is -2.17. The van der Waals surface area contributed by atoms with Crippen molar-refractivity contribution >= 4 is 23.0 Å². The lowest BCUT2D eigenvalue weighted by molar-refractivity contribution is -0.122. The number of ether oxygens (including phenoxy) is 1. The molecule has 1 N–H and O–H groups in total. The van der Waals surface area contributed by atoms with Crippen LogP contribution in [0.3, 0.4) is 0 Å². The second-order valence-electron chi connectivity index (χ2n) is 6.21. The van der Waals surface area contributed by atoms with Crippen LogP contribution >= 0.6 is 0 Å². The monoisotopic (exact) mass is 349 g/mol. The zero-order valence-corrected chi connectivity index (χ0v) is 15.1. The van der Waals surface area contributed by atoms with Crippen molar-refractivity contribution in [1.82, 2.24) is 14.9 Å². The largest absolute Gasteiger partial charge is 0.462 e. The highest BCUT2D eigenvalue weighted by molar-refractivity contribution is 6.03. The van der Waals surface area contributed by atoms with Crippen LogP contribution < -0.4 is 10.9 Å². The fraction of sp³-hybridized carbons (Fsp3) is 0.529. The predicted octanol–water partition coefficient (Wildman–Crippen LogP) is 1.64. The van der Waals surface area contributed by atoms with Gasteiger partial charge in [-0.1, -0.05) is 13.8 Å². The number of hydrogen-bond donors (Lipinski definition) is 1. The maximum Gasteiger partial charge on any atom is 0.342 e. The molecule has 0 aliphatic heterocycles. The Morgan fingerprint density at radius 2 is 2.04 bits per heavy atom. The summed E-state index contributed by atoms with van der Waals surface area (Å²) in [5, 5.41) is 2.86. The number of carbonyl (C=O) groups is 2. The van der Waals surface area contributed by atoms with Gasteiger partial charge in [-0.15, -0.1) is 0 Å². The summed E-state index contributed by atoms with van der Waals surface area (Å²) in [5.41, 5.74) is -0.408. The molecule has 2 heterocycles. The number of aromatic nitrogens is 2. The van der Waals surface area contributed by atoms with E-state index in [1.165, 1.54) is 6.33 Å². The zero-order valence-electron chi connectivity index (χ0n) is 15.1. The average Bonchev–Trinajstić information content (AvgIpc) is 2.87. The molecule has 2 aromatic rings. The van der Waals surface area contributed by atoms with Gasteiger partial charge in [0.1, 0.15) is 29.6 Å². The molecule has 0 fully saturated rings. The van der Waals surface area contributed by atoms with E-state index in [4.69, 9.17) is 9.15 Å². The number of fused-ring (bicyclic) bond motifs is 1. The van der Waals surface area contributed by atoms with Crippen LogP contribution in [0.25, 0.3) is 11.1 Å². The van der Waals surface area contributed by atoms with Crippen molar-refractivity contribution in [2.24, 2.45) is 5.92 Å². The van der Waals surface area contributed by atoms with E-state index < -0.39 is 11.5 Å².